The summed E-state index contributed by atoms with van der Waals surface area (Å²) in [5.41, 5.74) is -0.0629. The highest BCUT2D eigenvalue weighted by atomic mass is 35.5. The molecule has 0 saturated carbocycles. The maximum Gasteiger partial charge on any atom is 0.573 e. The van der Waals surface area contributed by atoms with Gasteiger partial charge in [-0.15, -0.1) is 13.2 Å². The predicted molar refractivity (Wildman–Crippen MR) is 60.7 cm³/mol. The van der Waals surface area contributed by atoms with Gasteiger partial charge in [0.25, 0.3) is 5.91 Å². The number of halogens is 4. The van der Waals surface area contributed by atoms with Crippen LogP contribution in [0.2, 0.25) is 5.02 Å². The molecule has 0 fully saturated rings. The van der Waals surface area contributed by atoms with Crippen molar-refractivity contribution in [1.82, 2.24) is 5.32 Å². The normalized spacial score (nSPS) is 11.5. The molecule has 0 radical (unpaired) electrons. The van der Waals surface area contributed by atoms with Gasteiger partial charge in [0, 0.05) is 6.04 Å². The molecule has 0 bridgehead atoms. The van der Waals surface area contributed by atoms with E-state index in [1.54, 1.807) is 13.8 Å². The average molecular weight is 282 g/mol. The number of hydrogen-bond donors (Lipinski definition) is 1. The lowest BCUT2D eigenvalue weighted by Gasteiger charge is -2.12. The highest BCUT2D eigenvalue weighted by molar-refractivity contribution is 6.33. The number of hydrogen-bond acceptors (Lipinski definition) is 2. The Hall–Kier alpha value is -1.43. The Morgan fingerprint density at radius 3 is 2.50 bits per heavy atom. The van der Waals surface area contributed by atoms with E-state index in [4.69, 9.17) is 11.6 Å². The van der Waals surface area contributed by atoms with Crippen LogP contribution in [0, 0.1) is 0 Å². The number of carbonyl (C=O) groups is 1. The summed E-state index contributed by atoms with van der Waals surface area (Å²) in [5, 5.41) is 2.59. The Balaban J connectivity index is 2.98. The third kappa shape index (κ3) is 4.44. The zero-order chi connectivity index (χ0) is 13.9. The van der Waals surface area contributed by atoms with Crippen LogP contribution in [0.15, 0.2) is 18.2 Å². The Labute approximate surface area is 107 Å². The molecular formula is C11H11ClF3NO2. The molecule has 18 heavy (non-hydrogen) atoms. The Kier molecular flexibility index (Phi) is 4.45. The smallest absolute Gasteiger partial charge is 0.406 e. The van der Waals surface area contributed by atoms with Crippen LogP contribution in [0.3, 0.4) is 0 Å². The number of ether oxygens (including phenoxy) is 1. The van der Waals surface area contributed by atoms with Gasteiger partial charge in [0.15, 0.2) is 0 Å². The average Bonchev–Trinajstić information content (AvgIpc) is 2.17. The van der Waals surface area contributed by atoms with Crippen molar-refractivity contribution >= 4 is 17.5 Å². The fraction of sp³-hybridized carbons (Fsp3) is 0.364. The zero-order valence-electron chi connectivity index (χ0n) is 9.64. The Morgan fingerprint density at radius 1 is 1.39 bits per heavy atom. The summed E-state index contributed by atoms with van der Waals surface area (Å²) in [5.74, 6) is -1.04. The van der Waals surface area contributed by atoms with E-state index >= 15 is 0 Å². The van der Waals surface area contributed by atoms with Crippen molar-refractivity contribution in [1.29, 1.82) is 0 Å². The van der Waals surface area contributed by atoms with E-state index in [2.05, 4.69) is 10.1 Å². The number of nitrogens with one attached hydrogen (secondary N) is 1. The summed E-state index contributed by atoms with van der Waals surface area (Å²) in [7, 11) is 0. The van der Waals surface area contributed by atoms with Crippen LogP contribution in [0.5, 0.6) is 5.75 Å². The lowest BCUT2D eigenvalue weighted by atomic mass is 10.2. The van der Waals surface area contributed by atoms with Gasteiger partial charge in [-0.1, -0.05) is 11.6 Å². The van der Waals surface area contributed by atoms with Crippen molar-refractivity contribution in [2.75, 3.05) is 0 Å². The van der Waals surface area contributed by atoms with Gasteiger partial charge in [0.05, 0.1) is 10.6 Å². The number of amides is 1. The minimum absolute atomic E-state index is 0.0580. The van der Waals surface area contributed by atoms with E-state index in [9.17, 15) is 18.0 Å². The SMILES string of the molecule is CC(C)NC(=O)c1cc(OC(F)(F)F)ccc1Cl. The summed E-state index contributed by atoms with van der Waals surface area (Å²) in [4.78, 5) is 11.7. The maximum atomic E-state index is 12.0. The molecule has 3 nitrogen and oxygen atoms in total. The molecule has 7 heteroatoms. The van der Waals surface area contributed by atoms with Gasteiger partial charge < -0.3 is 10.1 Å². The molecule has 0 aliphatic carbocycles. The molecule has 1 aromatic rings. The van der Waals surface area contributed by atoms with Gasteiger partial charge >= 0.3 is 6.36 Å². The van der Waals surface area contributed by atoms with E-state index in [1.807, 2.05) is 0 Å². The molecule has 1 N–H and O–H groups in total. The fourth-order valence-electron chi connectivity index (χ4n) is 1.22. The van der Waals surface area contributed by atoms with Gasteiger partial charge in [0.2, 0.25) is 0 Å². The van der Waals surface area contributed by atoms with Crippen molar-refractivity contribution in [3.8, 4) is 5.75 Å². The zero-order valence-corrected chi connectivity index (χ0v) is 10.4. The Morgan fingerprint density at radius 2 is 2.00 bits per heavy atom. The summed E-state index contributed by atoms with van der Waals surface area (Å²) in [6, 6.07) is 3.02. The molecule has 0 heterocycles. The number of carbonyl (C=O) groups excluding carboxylic acids is 1. The summed E-state index contributed by atoms with van der Waals surface area (Å²) in [6.07, 6.45) is -4.81. The minimum Gasteiger partial charge on any atom is -0.406 e. The van der Waals surface area contributed by atoms with E-state index < -0.39 is 18.0 Å². The van der Waals surface area contributed by atoms with Gasteiger partial charge in [-0.25, -0.2) is 0 Å². The van der Waals surface area contributed by atoms with Crippen LogP contribution < -0.4 is 10.1 Å². The van der Waals surface area contributed by atoms with Crippen LogP contribution in [0.25, 0.3) is 0 Å². The summed E-state index contributed by atoms with van der Waals surface area (Å²) in [6.45, 7) is 3.45. The van der Waals surface area contributed by atoms with E-state index in [1.165, 1.54) is 6.07 Å². The topological polar surface area (TPSA) is 38.3 Å². The van der Waals surface area contributed by atoms with Crippen molar-refractivity contribution in [3.63, 3.8) is 0 Å². The third-order valence-corrected chi connectivity index (χ3v) is 2.17. The second-order valence-corrected chi connectivity index (χ2v) is 4.22. The second-order valence-electron chi connectivity index (χ2n) is 3.82. The molecule has 0 aliphatic rings. The first kappa shape index (κ1) is 14.6. The quantitative estimate of drug-likeness (QED) is 0.922. The van der Waals surface area contributed by atoms with Crippen molar-refractivity contribution in [3.05, 3.63) is 28.8 Å². The second kappa shape index (κ2) is 5.48. The predicted octanol–water partition coefficient (Wildman–Crippen LogP) is 3.38. The van der Waals surface area contributed by atoms with E-state index in [0.717, 1.165) is 12.1 Å². The van der Waals surface area contributed by atoms with Gasteiger partial charge in [0.1, 0.15) is 5.75 Å². The standard InChI is InChI=1S/C11H11ClF3NO2/c1-6(2)16-10(17)8-5-7(3-4-9(8)12)18-11(13,14)15/h3-6H,1-2H3,(H,16,17). The van der Waals surface area contributed by atoms with Gasteiger partial charge in [-0.2, -0.15) is 0 Å². The number of alkyl halides is 3. The van der Waals surface area contributed by atoms with Crippen LogP contribution in [-0.4, -0.2) is 18.3 Å². The first-order chi connectivity index (χ1) is 8.19. The maximum absolute atomic E-state index is 12.0. The molecule has 100 valence electrons. The fourth-order valence-corrected chi connectivity index (χ4v) is 1.42. The van der Waals surface area contributed by atoms with Gasteiger partial charge in [-0.3, -0.25) is 4.79 Å². The molecule has 1 amide bonds. The molecule has 0 atom stereocenters. The van der Waals surface area contributed by atoms with Crippen molar-refractivity contribution in [2.24, 2.45) is 0 Å². The third-order valence-electron chi connectivity index (χ3n) is 1.84. The monoisotopic (exact) mass is 281 g/mol. The molecule has 0 spiro atoms. The molecular weight excluding hydrogens is 271 g/mol. The lowest BCUT2D eigenvalue weighted by Crippen LogP contribution is -2.30. The lowest BCUT2D eigenvalue weighted by molar-refractivity contribution is -0.274. The minimum atomic E-state index is -4.81. The Bertz CT molecular complexity index is 446. The molecule has 0 aliphatic heterocycles. The highest BCUT2D eigenvalue weighted by Crippen LogP contribution is 2.27. The first-order valence-electron chi connectivity index (χ1n) is 5.05. The molecule has 0 saturated heterocycles. The van der Waals surface area contributed by atoms with Crippen molar-refractivity contribution in [2.45, 2.75) is 26.3 Å². The largest absolute Gasteiger partial charge is 0.573 e. The van der Waals surface area contributed by atoms with Crippen LogP contribution in [0.4, 0.5) is 13.2 Å². The molecule has 0 aromatic heterocycles. The van der Waals surface area contributed by atoms with Crippen LogP contribution >= 0.6 is 11.6 Å². The molecule has 0 unspecified atom stereocenters. The van der Waals surface area contributed by atoms with Gasteiger partial charge in [-0.05, 0) is 32.0 Å². The van der Waals surface area contributed by atoms with Crippen LogP contribution in [0.1, 0.15) is 24.2 Å². The molecule has 1 aromatic carbocycles. The number of rotatable bonds is 3. The summed E-state index contributed by atoms with van der Waals surface area (Å²) < 4.78 is 39.8. The summed E-state index contributed by atoms with van der Waals surface area (Å²) >= 11 is 5.75. The van der Waals surface area contributed by atoms with E-state index in [-0.39, 0.29) is 16.6 Å². The van der Waals surface area contributed by atoms with Crippen molar-refractivity contribution < 1.29 is 22.7 Å². The van der Waals surface area contributed by atoms with E-state index in [0.29, 0.717) is 0 Å². The molecule has 1 rings (SSSR count). The first-order valence-corrected chi connectivity index (χ1v) is 5.43. The number of benzene rings is 1. The highest BCUT2D eigenvalue weighted by Gasteiger charge is 2.31. The van der Waals surface area contributed by atoms with Crippen LogP contribution in [-0.2, 0) is 0 Å².